The second-order valence-electron chi connectivity index (χ2n) is 6.02. The van der Waals surface area contributed by atoms with Crippen LogP contribution >= 0.6 is 0 Å². The topological polar surface area (TPSA) is 102 Å². The van der Waals surface area contributed by atoms with Crippen LogP contribution in [0.5, 0.6) is 11.5 Å². The van der Waals surface area contributed by atoms with Crippen LogP contribution in [0.4, 0.5) is 17.3 Å². The predicted octanol–water partition coefficient (Wildman–Crippen LogP) is 2.04. The van der Waals surface area contributed by atoms with Crippen molar-refractivity contribution in [2.75, 3.05) is 37.9 Å². The van der Waals surface area contributed by atoms with Gasteiger partial charge >= 0.3 is 0 Å². The van der Waals surface area contributed by atoms with Gasteiger partial charge in [-0.25, -0.2) is 4.98 Å². The summed E-state index contributed by atoms with van der Waals surface area (Å²) in [4.78, 5) is 17.1. The molecule has 0 unspecified atom stereocenters. The van der Waals surface area contributed by atoms with Gasteiger partial charge in [-0.05, 0) is 18.6 Å². The number of methoxy groups -OCH3 is 1. The number of hydrogen-bond donors (Lipinski definition) is 3. The molecule has 140 valence electrons. The molecule has 4 bridgehead atoms. The summed E-state index contributed by atoms with van der Waals surface area (Å²) in [6, 6.07) is 7.36. The number of rotatable bonds is 2. The first-order valence-corrected chi connectivity index (χ1v) is 8.62. The van der Waals surface area contributed by atoms with E-state index < -0.39 is 0 Å². The minimum absolute atomic E-state index is 0.218. The highest BCUT2D eigenvalue weighted by atomic mass is 16.5. The summed E-state index contributed by atoms with van der Waals surface area (Å²) in [5.41, 5.74) is 1.59. The number of carbonyl (C=O) groups excluding carboxylic acids is 1. The fourth-order valence-corrected chi connectivity index (χ4v) is 2.94. The highest BCUT2D eigenvalue weighted by Crippen LogP contribution is 2.32. The average molecular weight is 368 g/mol. The van der Waals surface area contributed by atoms with Gasteiger partial charge in [0.05, 0.1) is 25.6 Å². The number of amides is 1. The molecule has 0 spiro atoms. The number of aromatic nitrogens is 3. The first-order chi connectivity index (χ1) is 13.2. The van der Waals surface area contributed by atoms with Crippen molar-refractivity contribution in [1.82, 2.24) is 19.9 Å². The van der Waals surface area contributed by atoms with Crippen molar-refractivity contribution in [2.24, 2.45) is 0 Å². The maximum Gasteiger partial charge on any atom is 0.256 e. The molecule has 2 aromatic heterocycles. The molecule has 3 aromatic rings. The Labute approximate surface area is 155 Å². The first-order valence-electron chi connectivity index (χ1n) is 8.62. The van der Waals surface area contributed by atoms with Crippen molar-refractivity contribution in [1.29, 1.82) is 0 Å². The highest BCUT2D eigenvalue weighted by molar-refractivity contribution is 6.00. The monoisotopic (exact) mass is 368 g/mol. The lowest BCUT2D eigenvalue weighted by molar-refractivity contribution is 0.0953. The molecule has 1 aliphatic rings. The molecular weight excluding hydrogens is 348 g/mol. The zero-order chi connectivity index (χ0) is 18.8. The van der Waals surface area contributed by atoms with Gasteiger partial charge in [0.25, 0.3) is 5.91 Å². The second kappa shape index (κ2) is 7.02. The largest absolute Gasteiger partial charge is 0.495 e. The fourth-order valence-electron chi connectivity index (χ4n) is 2.94. The van der Waals surface area contributed by atoms with E-state index in [1.807, 2.05) is 18.2 Å². The molecule has 9 nitrogen and oxygen atoms in total. The lowest BCUT2D eigenvalue weighted by atomic mass is 10.2. The van der Waals surface area contributed by atoms with E-state index in [1.54, 1.807) is 24.7 Å². The Morgan fingerprint density at radius 1 is 1.33 bits per heavy atom. The van der Waals surface area contributed by atoms with E-state index in [9.17, 15) is 4.79 Å². The Morgan fingerprint density at radius 3 is 3.04 bits per heavy atom. The summed E-state index contributed by atoms with van der Waals surface area (Å²) in [7, 11) is 3.39. The summed E-state index contributed by atoms with van der Waals surface area (Å²) in [5.74, 6) is 2.40. The number of benzene rings is 1. The standard InChI is InChI=1S/C18H20N6O3/c1-19-16-9-15-22-13-8-11(4-5-14(13)26-2)27-7-3-6-20-18(25)12-10-21-24(16)17(12)23-15/h4-5,8-10,19H,3,6-7H2,1-2H3,(H,20,25)(H,22,23). The van der Waals surface area contributed by atoms with Gasteiger partial charge in [0, 0.05) is 25.7 Å². The van der Waals surface area contributed by atoms with Crippen molar-refractivity contribution in [3.8, 4) is 11.5 Å². The van der Waals surface area contributed by atoms with Crippen molar-refractivity contribution in [3.05, 3.63) is 36.0 Å². The lowest BCUT2D eigenvalue weighted by Gasteiger charge is -2.15. The van der Waals surface area contributed by atoms with Gasteiger partial charge in [0.2, 0.25) is 0 Å². The minimum Gasteiger partial charge on any atom is -0.495 e. The lowest BCUT2D eigenvalue weighted by Crippen LogP contribution is -2.25. The van der Waals surface area contributed by atoms with E-state index in [0.29, 0.717) is 53.9 Å². The molecule has 9 heteroatoms. The van der Waals surface area contributed by atoms with Crippen LogP contribution in [0.1, 0.15) is 16.8 Å². The predicted molar refractivity (Wildman–Crippen MR) is 101 cm³/mol. The minimum atomic E-state index is -0.218. The molecule has 0 fully saturated rings. The van der Waals surface area contributed by atoms with Gasteiger partial charge in [0.15, 0.2) is 5.65 Å². The van der Waals surface area contributed by atoms with Gasteiger partial charge in [-0.1, -0.05) is 0 Å². The van der Waals surface area contributed by atoms with Crippen LogP contribution in [0.3, 0.4) is 0 Å². The molecule has 0 saturated carbocycles. The smallest absolute Gasteiger partial charge is 0.256 e. The zero-order valence-electron chi connectivity index (χ0n) is 15.1. The number of ether oxygens (including phenoxy) is 2. The Balaban J connectivity index is 1.87. The third-order valence-corrected chi connectivity index (χ3v) is 4.28. The van der Waals surface area contributed by atoms with Gasteiger partial charge in [-0.3, -0.25) is 4.79 Å². The van der Waals surface area contributed by atoms with Gasteiger partial charge in [0.1, 0.15) is 28.7 Å². The number of nitrogens with one attached hydrogen (secondary N) is 3. The second-order valence-corrected chi connectivity index (χ2v) is 6.02. The third-order valence-electron chi connectivity index (χ3n) is 4.28. The Kier molecular flexibility index (Phi) is 4.41. The number of fused-ring (bicyclic) bond motifs is 3. The van der Waals surface area contributed by atoms with Crippen molar-refractivity contribution in [3.63, 3.8) is 0 Å². The van der Waals surface area contributed by atoms with Crippen molar-refractivity contribution < 1.29 is 14.3 Å². The Hall–Kier alpha value is -3.49. The fraction of sp³-hybridized carbons (Fsp3) is 0.278. The van der Waals surface area contributed by atoms with Crippen LogP contribution in [0, 0.1) is 0 Å². The maximum atomic E-state index is 12.5. The Bertz CT molecular complexity index is 1000. The molecule has 4 rings (SSSR count). The van der Waals surface area contributed by atoms with E-state index in [-0.39, 0.29) is 5.91 Å². The van der Waals surface area contributed by atoms with Crippen LogP contribution in [-0.4, -0.2) is 47.8 Å². The number of hydrogen-bond acceptors (Lipinski definition) is 7. The zero-order valence-corrected chi connectivity index (χ0v) is 15.1. The number of anilines is 3. The van der Waals surface area contributed by atoms with E-state index >= 15 is 0 Å². The maximum absolute atomic E-state index is 12.5. The summed E-state index contributed by atoms with van der Waals surface area (Å²) in [5, 5.41) is 13.5. The summed E-state index contributed by atoms with van der Waals surface area (Å²) >= 11 is 0. The van der Waals surface area contributed by atoms with E-state index in [1.165, 1.54) is 6.20 Å². The van der Waals surface area contributed by atoms with Crippen LogP contribution in [-0.2, 0) is 0 Å². The third kappa shape index (κ3) is 3.19. The molecule has 0 radical (unpaired) electrons. The summed E-state index contributed by atoms with van der Waals surface area (Å²) < 4.78 is 12.8. The number of nitrogens with zero attached hydrogens (tertiary/aromatic N) is 3. The van der Waals surface area contributed by atoms with Crippen LogP contribution < -0.4 is 25.4 Å². The van der Waals surface area contributed by atoms with Crippen LogP contribution in [0.2, 0.25) is 0 Å². The summed E-state index contributed by atoms with van der Waals surface area (Å²) in [6.45, 7) is 0.985. The molecule has 1 amide bonds. The molecule has 0 saturated heterocycles. The van der Waals surface area contributed by atoms with Gasteiger partial charge < -0.3 is 25.4 Å². The van der Waals surface area contributed by atoms with Gasteiger partial charge in [-0.2, -0.15) is 9.61 Å². The molecule has 1 aliphatic heterocycles. The molecule has 0 aliphatic carbocycles. The van der Waals surface area contributed by atoms with Crippen LogP contribution in [0.25, 0.3) is 5.65 Å². The summed E-state index contributed by atoms with van der Waals surface area (Å²) in [6.07, 6.45) is 2.20. The quantitative estimate of drug-likeness (QED) is 0.636. The number of carbonyl (C=O) groups is 1. The highest BCUT2D eigenvalue weighted by Gasteiger charge is 2.18. The molecule has 3 N–H and O–H groups in total. The van der Waals surface area contributed by atoms with E-state index in [4.69, 9.17) is 9.47 Å². The van der Waals surface area contributed by atoms with E-state index in [0.717, 1.165) is 5.69 Å². The molecule has 3 heterocycles. The SMILES string of the molecule is CNc1cc2nc3c(cnn13)C(=O)NCCCOc1ccc(OC)c(c1)N2. The van der Waals surface area contributed by atoms with Gasteiger partial charge in [-0.15, -0.1) is 0 Å². The Morgan fingerprint density at radius 2 is 2.22 bits per heavy atom. The van der Waals surface area contributed by atoms with Crippen molar-refractivity contribution >= 4 is 28.9 Å². The first kappa shape index (κ1) is 17.0. The molecular formula is C18H20N6O3. The molecule has 27 heavy (non-hydrogen) atoms. The van der Waals surface area contributed by atoms with Crippen LogP contribution in [0.15, 0.2) is 30.5 Å². The molecule has 0 atom stereocenters. The van der Waals surface area contributed by atoms with Crippen molar-refractivity contribution in [2.45, 2.75) is 6.42 Å². The molecule has 1 aromatic carbocycles. The van der Waals surface area contributed by atoms with E-state index in [2.05, 4.69) is 26.0 Å². The average Bonchev–Trinajstić information content (AvgIpc) is 3.10. The normalized spacial score (nSPS) is 14.1.